The third-order valence-electron chi connectivity index (χ3n) is 3.12. The minimum absolute atomic E-state index is 0.0227. The van der Waals surface area contributed by atoms with Gasteiger partial charge in [0, 0.05) is 23.8 Å². The van der Waals surface area contributed by atoms with Crippen LogP contribution >= 0.6 is 0 Å². The SMILES string of the molecule is OC1c2ccccc2OCC1Oc1cc(F)cc(F)c1. The minimum atomic E-state index is -0.911. The zero-order valence-electron chi connectivity index (χ0n) is 10.4. The lowest BCUT2D eigenvalue weighted by atomic mass is 10.0. The van der Waals surface area contributed by atoms with Gasteiger partial charge in [-0.1, -0.05) is 18.2 Å². The molecule has 0 radical (unpaired) electrons. The van der Waals surface area contributed by atoms with E-state index in [4.69, 9.17) is 9.47 Å². The molecule has 0 bridgehead atoms. The first kappa shape index (κ1) is 12.9. The molecule has 0 aromatic heterocycles. The first-order valence-corrected chi connectivity index (χ1v) is 6.16. The molecule has 20 heavy (non-hydrogen) atoms. The van der Waals surface area contributed by atoms with E-state index in [-0.39, 0.29) is 12.4 Å². The number of aliphatic hydroxyl groups excluding tert-OH is 1. The Hall–Kier alpha value is -2.14. The molecule has 1 heterocycles. The Labute approximate surface area is 114 Å². The molecule has 1 aliphatic rings. The molecule has 0 saturated heterocycles. The van der Waals surface area contributed by atoms with Crippen LogP contribution in [-0.4, -0.2) is 17.8 Å². The van der Waals surface area contributed by atoms with Crippen molar-refractivity contribution in [3.63, 3.8) is 0 Å². The molecule has 1 aliphatic heterocycles. The average molecular weight is 278 g/mol. The maximum Gasteiger partial charge on any atom is 0.163 e. The molecule has 2 unspecified atom stereocenters. The second kappa shape index (κ2) is 5.09. The zero-order valence-corrected chi connectivity index (χ0v) is 10.4. The highest BCUT2D eigenvalue weighted by Crippen LogP contribution is 2.33. The number of hydrogen-bond acceptors (Lipinski definition) is 3. The van der Waals surface area contributed by atoms with Gasteiger partial charge >= 0.3 is 0 Å². The number of benzene rings is 2. The summed E-state index contributed by atoms with van der Waals surface area (Å²) in [6.45, 7) is 0.107. The maximum absolute atomic E-state index is 13.1. The van der Waals surface area contributed by atoms with Crippen LogP contribution in [0.2, 0.25) is 0 Å². The number of rotatable bonds is 2. The van der Waals surface area contributed by atoms with Gasteiger partial charge in [0.1, 0.15) is 35.8 Å². The summed E-state index contributed by atoms with van der Waals surface area (Å²) in [7, 11) is 0. The molecule has 2 atom stereocenters. The van der Waals surface area contributed by atoms with Crippen molar-refractivity contribution < 1.29 is 23.4 Å². The smallest absolute Gasteiger partial charge is 0.163 e. The van der Waals surface area contributed by atoms with Gasteiger partial charge in [-0.2, -0.15) is 0 Å². The summed E-state index contributed by atoms with van der Waals surface area (Å²) in [6.07, 6.45) is -1.63. The zero-order chi connectivity index (χ0) is 14.1. The van der Waals surface area contributed by atoms with E-state index in [1.54, 1.807) is 24.3 Å². The third-order valence-corrected chi connectivity index (χ3v) is 3.12. The Morgan fingerprint density at radius 3 is 2.55 bits per heavy atom. The fourth-order valence-electron chi connectivity index (χ4n) is 2.19. The first-order chi connectivity index (χ1) is 9.63. The summed E-state index contributed by atoms with van der Waals surface area (Å²) >= 11 is 0. The fraction of sp³-hybridized carbons (Fsp3) is 0.200. The molecule has 0 amide bonds. The molecule has 2 aromatic carbocycles. The quantitative estimate of drug-likeness (QED) is 0.918. The van der Waals surface area contributed by atoms with Crippen molar-refractivity contribution in [2.45, 2.75) is 12.2 Å². The van der Waals surface area contributed by atoms with Crippen LogP contribution in [0.4, 0.5) is 8.78 Å². The fourth-order valence-corrected chi connectivity index (χ4v) is 2.19. The molecule has 0 fully saturated rings. The highest BCUT2D eigenvalue weighted by Gasteiger charge is 2.30. The first-order valence-electron chi connectivity index (χ1n) is 6.16. The lowest BCUT2D eigenvalue weighted by Crippen LogP contribution is -2.35. The van der Waals surface area contributed by atoms with Gasteiger partial charge in [0.2, 0.25) is 0 Å². The second-order valence-corrected chi connectivity index (χ2v) is 4.56. The van der Waals surface area contributed by atoms with Crippen LogP contribution in [-0.2, 0) is 0 Å². The van der Waals surface area contributed by atoms with Gasteiger partial charge in [0.15, 0.2) is 6.10 Å². The number of para-hydroxylation sites is 1. The highest BCUT2D eigenvalue weighted by molar-refractivity contribution is 5.37. The number of hydrogen-bond donors (Lipinski definition) is 1. The van der Waals surface area contributed by atoms with E-state index in [0.29, 0.717) is 11.3 Å². The molecule has 5 heteroatoms. The second-order valence-electron chi connectivity index (χ2n) is 4.56. The monoisotopic (exact) mass is 278 g/mol. The van der Waals surface area contributed by atoms with Gasteiger partial charge in [-0.15, -0.1) is 0 Å². The molecule has 3 rings (SSSR count). The van der Waals surface area contributed by atoms with E-state index in [1.807, 2.05) is 0 Å². The summed E-state index contributed by atoms with van der Waals surface area (Å²) < 4.78 is 37.1. The van der Waals surface area contributed by atoms with Crippen LogP contribution in [0.1, 0.15) is 11.7 Å². The Morgan fingerprint density at radius 1 is 1.10 bits per heavy atom. The van der Waals surface area contributed by atoms with Crippen molar-refractivity contribution in [2.75, 3.05) is 6.61 Å². The molecule has 104 valence electrons. The molecular weight excluding hydrogens is 266 g/mol. The topological polar surface area (TPSA) is 38.7 Å². The van der Waals surface area contributed by atoms with Gasteiger partial charge in [-0.3, -0.25) is 0 Å². The molecule has 0 saturated carbocycles. The predicted octanol–water partition coefficient (Wildman–Crippen LogP) is 2.84. The van der Waals surface area contributed by atoms with Gasteiger partial charge in [0.25, 0.3) is 0 Å². The van der Waals surface area contributed by atoms with E-state index in [2.05, 4.69) is 0 Å². The van der Waals surface area contributed by atoms with Crippen molar-refractivity contribution in [2.24, 2.45) is 0 Å². The van der Waals surface area contributed by atoms with E-state index in [0.717, 1.165) is 18.2 Å². The standard InChI is InChI=1S/C15H12F2O3/c16-9-5-10(17)7-11(6-9)20-14-8-19-13-4-2-1-3-12(13)15(14)18/h1-7,14-15,18H,8H2. The molecule has 3 nitrogen and oxygen atoms in total. The lowest BCUT2D eigenvalue weighted by Gasteiger charge is -2.30. The van der Waals surface area contributed by atoms with E-state index in [1.165, 1.54) is 0 Å². The number of halogens is 2. The van der Waals surface area contributed by atoms with E-state index in [9.17, 15) is 13.9 Å². The molecule has 0 aliphatic carbocycles. The van der Waals surface area contributed by atoms with Gasteiger partial charge in [-0.05, 0) is 6.07 Å². The maximum atomic E-state index is 13.1. The number of aliphatic hydroxyl groups is 1. The van der Waals surface area contributed by atoms with Gasteiger partial charge in [0.05, 0.1) is 0 Å². The van der Waals surface area contributed by atoms with Crippen LogP contribution in [0.25, 0.3) is 0 Å². The number of ether oxygens (including phenoxy) is 2. The summed E-state index contributed by atoms with van der Waals surface area (Å²) in [5, 5.41) is 10.2. The Kier molecular flexibility index (Phi) is 3.28. The summed E-state index contributed by atoms with van der Waals surface area (Å²) in [6, 6.07) is 9.94. The van der Waals surface area contributed by atoms with Crippen LogP contribution in [0.15, 0.2) is 42.5 Å². The van der Waals surface area contributed by atoms with Crippen molar-refractivity contribution in [3.8, 4) is 11.5 Å². The summed E-state index contributed by atoms with van der Waals surface area (Å²) in [5.74, 6) is -0.849. The Morgan fingerprint density at radius 2 is 1.80 bits per heavy atom. The van der Waals surface area contributed by atoms with Gasteiger partial charge < -0.3 is 14.6 Å². The van der Waals surface area contributed by atoms with Crippen molar-refractivity contribution in [1.29, 1.82) is 0 Å². The largest absolute Gasteiger partial charge is 0.489 e. The van der Waals surface area contributed by atoms with Gasteiger partial charge in [-0.25, -0.2) is 8.78 Å². The molecule has 1 N–H and O–H groups in total. The third kappa shape index (κ3) is 2.44. The van der Waals surface area contributed by atoms with Crippen LogP contribution in [0, 0.1) is 11.6 Å². The van der Waals surface area contributed by atoms with Crippen LogP contribution < -0.4 is 9.47 Å². The Balaban J connectivity index is 1.82. The van der Waals surface area contributed by atoms with Crippen LogP contribution in [0.5, 0.6) is 11.5 Å². The minimum Gasteiger partial charge on any atom is -0.489 e. The molecule has 2 aromatic rings. The van der Waals surface area contributed by atoms with Crippen molar-refractivity contribution in [3.05, 3.63) is 59.7 Å². The Bertz CT molecular complexity index is 610. The number of fused-ring (bicyclic) bond motifs is 1. The van der Waals surface area contributed by atoms with E-state index >= 15 is 0 Å². The van der Waals surface area contributed by atoms with Crippen molar-refractivity contribution in [1.82, 2.24) is 0 Å². The average Bonchev–Trinajstić information content (AvgIpc) is 2.41. The highest BCUT2D eigenvalue weighted by atomic mass is 19.1. The normalized spacial score (nSPS) is 20.9. The summed E-state index contributed by atoms with van der Waals surface area (Å²) in [5.41, 5.74) is 0.598. The molecular formula is C15H12F2O3. The van der Waals surface area contributed by atoms with E-state index < -0.39 is 23.8 Å². The van der Waals surface area contributed by atoms with Crippen molar-refractivity contribution >= 4 is 0 Å². The predicted molar refractivity (Wildman–Crippen MR) is 67.7 cm³/mol. The lowest BCUT2D eigenvalue weighted by molar-refractivity contribution is -0.0105. The van der Waals surface area contributed by atoms with Crippen LogP contribution in [0.3, 0.4) is 0 Å². The summed E-state index contributed by atoms with van der Waals surface area (Å²) in [4.78, 5) is 0. The molecule has 0 spiro atoms.